The second-order valence-corrected chi connectivity index (χ2v) is 5.57. The number of aromatic nitrogens is 2. The first-order valence-electron chi connectivity index (χ1n) is 7.90. The maximum Gasteiger partial charge on any atom is 0.341 e. The monoisotopic (exact) mass is 342 g/mol. The summed E-state index contributed by atoms with van der Waals surface area (Å²) in [5, 5.41) is 16.6. The van der Waals surface area contributed by atoms with E-state index in [1.165, 1.54) is 0 Å². The Kier molecular flexibility index (Phi) is 5.08. The van der Waals surface area contributed by atoms with Crippen LogP contribution in [0.3, 0.4) is 0 Å². The van der Waals surface area contributed by atoms with Crippen molar-refractivity contribution in [2.45, 2.75) is 0 Å². The highest BCUT2D eigenvalue weighted by molar-refractivity contribution is 5.94. The molecule has 8 heteroatoms. The van der Waals surface area contributed by atoms with Crippen LogP contribution < -0.4 is 9.64 Å². The topological polar surface area (TPSA) is 95.9 Å². The zero-order valence-corrected chi connectivity index (χ0v) is 13.5. The van der Waals surface area contributed by atoms with E-state index in [4.69, 9.17) is 9.84 Å². The molecule has 0 radical (unpaired) electrons. The number of carboxylic acids is 1. The number of carbonyl (C=O) groups excluding carboxylic acids is 1. The second kappa shape index (κ2) is 7.61. The molecule has 130 valence electrons. The fourth-order valence-electron chi connectivity index (χ4n) is 2.65. The van der Waals surface area contributed by atoms with Gasteiger partial charge in [0.05, 0.1) is 0 Å². The van der Waals surface area contributed by atoms with Crippen molar-refractivity contribution in [3.05, 3.63) is 48.2 Å². The van der Waals surface area contributed by atoms with Gasteiger partial charge in [-0.1, -0.05) is 6.07 Å². The molecular weight excluding hydrogens is 324 g/mol. The first-order chi connectivity index (χ1) is 12.1. The summed E-state index contributed by atoms with van der Waals surface area (Å²) in [5.74, 6) is 0.0153. The molecule has 1 saturated heterocycles. The summed E-state index contributed by atoms with van der Waals surface area (Å²) in [5.41, 5.74) is 0.482. The normalized spacial score (nSPS) is 14.2. The van der Waals surface area contributed by atoms with Crippen LogP contribution in [0.15, 0.2) is 42.6 Å². The Balaban J connectivity index is 1.61. The summed E-state index contributed by atoms with van der Waals surface area (Å²) in [6.07, 6.45) is 1.63. The van der Waals surface area contributed by atoms with Crippen molar-refractivity contribution in [3.63, 3.8) is 0 Å². The summed E-state index contributed by atoms with van der Waals surface area (Å²) in [6.45, 7) is 2.08. The van der Waals surface area contributed by atoms with E-state index in [0.717, 1.165) is 5.82 Å². The molecule has 0 atom stereocenters. The van der Waals surface area contributed by atoms with E-state index < -0.39 is 12.6 Å². The molecule has 3 rings (SSSR count). The number of hydrogen-bond donors (Lipinski definition) is 1. The van der Waals surface area contributed by atoms with Gasteiger partial charge in [-0.2, -0.15) is 5.10 Å². The summed E-state index contributed by atoms with van der Waals surface area (Å²) < 4.78 is 5.13. The molecule has 2 heterocycles. The maximum absolute atomic E-state index is 12.6. The molecule has 1 aromatic carbocycles. The van der Waals surface area contributed by atoms with Crippen molar-refractivity contribution in [2.75, 3.05) is 37.7 Å². The van der Waals surface area contributed by atoms with Crippen LogP contribution in [-0.2, 0) is 4.79 Å². The molecule has 0 unspecified atom stereocenters. The molecule has 1 fully saturated rings. The molecule has 8 nitrogen and oxygen atoms in total. The van der Waals surface area contributed by atoms with E-state index >= 15 is 0 Å². The van der Waals surface area contributed by atoms with Gasteiger partial charge in [-0.3, -0.25) is 4.79 Å². The number of rotatable bonds is 5. The van der Waals surface area contributed by atoms with E-state index in [-0.39, 0.29) is 5.91 Å². The number of benzene rings is 1. The molecule has 1 aliphatic heterocycles. The van der Waals surface area contributed by atoms with E-state index in [2.05, 4.69) is 15.1 Å². The number of carbonyl (C=O) groups is 2. The van der Waals surface area contributed by atoms with Gasteiger partial charge in [-0.05, 0) is 30.3 Å². The Morgan fingerprint density at radius 2 is 1.92 bits per heavy atom. The number of carboxylic acid groups (broad SMARTS) is 1. The SMILES string of the molecule is O=C(O)COc1cccc(C(=O)N2CCN(c3cccnn3)CC2)c1. The Labute approximate surface area is 144 Å². The highest BCUT2D eigenvalue weighted by atomic mass is 16.5. The van der Waals surface area contributed by atoms with Gasteiger partial charge in [-0.15, -0.1) is 5.10 Å². The minimum Gasteiger partial charge on any atom is -0.482 e. The van der Waals surface area contributed by atoms with Gasteiger partial charge in [0.2, 0.25) is 0 Å². The average molecular weight is 342 g/mol. The quantitative estimate of drug-likeness (QED) is 0.862. The van der Waals surface area contributed by atoms with Crippen LogP contribution in [0.1, 0.15) is 10.4 Å². The van der Waals surface area contributed by atoms with Crippen LogP contribution >= 0.6 is 0 Å². The smallest absolute Gasteiger partial charge is 0.341 e. The Hall–Kier alpha value is -3.16. The molecule has 1 amide bonds. The van der Waals surface area contributed by atoms with Crippen molar-refractivity contribution in [3.8, 4) is 5.75 Å². The predicted octanol–water partition coefficient (Wildman–Crippen LogP) is 0.902. The van der Waals surface area contributed by atoms with Crippen molar-refractivity contribution in [1.82, 2.24) is 15.1 Å². The van der Waals surface area contributed by atoms with Crippen molar-refractivity contribution >= 4 is 17.7 Å². The Morgan fingerprint density at radius 1 is 1.12 bits per heavy atom. The van der Waals surface area contributed by atoms with E-state index in [1.807, 2.05) is 12.1 Å². The van der Waals surface area contributed by atoms with E-state index in [0.29, 0.717) is 37.5 Å². The molecule has 25 heavy (non-hydrogen) atoms. The third kappa shape index (κ3) is 4.23. The van der Waals surface area contributed by atoms with Crippen LogP contribution in [0, 0.1) is 0 Å². The van der Waals surface area contributed by atoms with Crippen LogP contribution in [0.5, 0.6) is 5.75 Å². The van der Waals surface area contributed by atoms with Gasteiger partial charge in [0, 0.05) is 37.9 Å². The lowest BCUT2D eigenvalue weighted by Crippen LogP contribution is -2.49. The molecule has 1 aromatic heterocycles. The largest absolute Gasteiger partial charge is 0.482 e. The first-order valence-corrected chi connectivity index (χ1v) is 7.90. The lowest BCUT2D eigenvalue weighted by atomic mass is 10.1. The van der Waals surface area contributed by atoms with Gasteiger partial charge in [0.1, 0.15) is 5.75 Å². The summed E-state index contributed by atoms with van der Waals surface area (Å²) in [6, 6.07) is 10.3. The van der Waals surface area contributed by atoms with Crippen molar-refractivity contribution < 1.29 is 19.4 Å². The fourth-order valence-corrected chi connectivity index (χ4v) is 2.65. The average Bonchev–Trinajstić information content (AvgIpc) is 2.67. The molecule has 0 saturated carbocycles. The summed E-state index contributed by atoms with van der Waals surface area (Å²) in [4.78, 5) is 27.1. The molecule has 0 bridgehead atoms. The van der Waals surface area contributed by atoms with Gasteiger partial charge in [0.15, 0.2) is 12.4 Å². The van der Waals surface area contributed by atoms with Crippen LogP contribution in [0.4, 0.5) is 5.82 Å². The number of amides is 1. The van der Waals surface area contributed by atoms with Crippen LogP contribution in [0.2, 0.25) is 0 Å². The number of piperazine rings is 1. The van der Waals surface area contributed by atoms with E-state index in [1.54, 1.807) is 35.4 Å². The molecule has 2 aromatic rings. The van der Waals surface area contributed by atoms with Crippen molar-refractivity contribution in [1.29, 1.82) is 0 Å². The summed E-state index contributed by atoms with van der Waals surface area (Å²) in [7, 11) is 0. The lowest BCUT2D eigenvalue weighted by Gasteiger charge is -2.35. The number of hydrogen-bond acceptors (Lipinski definition) is 6. The third-order valence-electron chi connectivity index (χ3n) is 3.89. The van der Waals surface area contributed by atoms with Gasteiger partial charge >= 0.3 is 5.97 Å². The molecule has 0 spiro atoms. The highest BCUT2D eigenvalue weighted by Crippen LogP contribution is 2.17. The maximum atomic E-state index is 12.6. The predicted molar refractivity (Wildman–Crippen MR) is 89.7 cm³/mol. The number of ether oxygens (including phenoxy) is 1. The molecule has 0 aliphatic carbocycles. The van der Waals surface area contributed by atoms with Gasteiger partial charge in [-0.25, -0.2) is 4.79 Å². The van der Waals surface area contributed by atoms with Gasteiger partial charge < -0.3 is 19.6 Å². The minimum atomic E-state index is -1.06. The number of aliphatic carboxylic acids is 1. The van der Waals surface area contributed by atoms with Gasteiger partial charge in [0.25, 0.3) is 5.91 Å². The standard InChI is InChI=1S/C17H18N4O4/c22-16(23)12-25-14-4-1-3-13(11-14)17(24)21-9-7-20(8-10-21)15-5-2-6-18-19-15/h1-6,11H,7-10,12H2,(H,22,23). The van der Waals surface area contributed by atoms with Crippen LogP contribution in [-0.4, -0.2) is 64.9 Å². The highest BCUT2D eigenvalue weighted by Gasteiger charge is 2.23. The first kappa shape index (κ1) is 16.7. The zero-order valence-electron chi connectivity index (χ0n) is 13.5. The van der Waals surface area contributed by atoms with Crippen LogP contribution in [0.25, 0.3) is 0 Å². The fraction of sp³-hybridized carbons (Fsp3) is 0.294. The second-order valence-electron chi connectivity index (χ2n) is 5.57. The van der Waals surface area contributed by atoms with E-state index in [9.17, 15) is 9.59 Å². The third-order valence-corrected chi connectivity index (χ3v) is 3.89. The number of anilines is 1. The molecule has 1 aliphatic rings. The Morgan fingerprint density at radius 3 is 2.60 bits per heavy atom. The molecule has 1 N–H and O–H groups in total. The lowest BCUT2D eigenvalue weighted by molar-refractivity contribution is -0.139. The van der Waals surface area contributed by atoms with Crippen molar-refractivity contribution in [2.24, 2.45) is 0 Å². The zero-order chi connectivity index (χ0) is 17.6. The minimum absolute atomic E-state index is 0.0976. The summed E-state index contributed by atoms with van der Waals surface area (Å²) >= 11 is 0. The Bertz CT molecular complexity index is 745. The number of nitrogens with zero attached hydrogens (tertiary/aromatic N) is 4. The molecular formula is C17H18N4O4.